The molecule has 1 saturated carbocycles. The molecule has 184 valence electrons. The molecule has 1 aliphatic rings. The van der Waals surface area contributed by atoms with Crippen LogP contribution in [0.15, 0.2) is 24.4 Å². The molecule has 1 amide bonds. The van der Waals surface area contributed by atoms with E-state index in [0.29, 0.717) is 12.1 Å². The number of ether oxygens (including phenoxy) is 2. The zero-order valence-electron chi connectivity index (χ0n) is 21.5. The van der Waals surface area contributed by atoms with Gasteiger partial charge in [0, 0.05) is 49.9 Å². The van der Waals surface area contributed by atoms with E-state index in [1.54, 1.807) is 21.3 Å². The summed E-state index contributed by atoms with van der Waals surface area (Å²) in [6.45, 7) is 5.07. The van der Waals surface area contributed by atoms with Crippen molar-refractivity contribution in [2.75, 3.05) is 49.0 Å². The Morgan fingerprint density at radius 3 is 2.19 bits per heavy atom. The Morgan fingerprint density at radius 1 is 1.16 bits per heavy atom. The molecule has 0 radical (unpaired) electrons. The average molecular weight is 451 g/mol. The van der Waals surface area contributed by atoms with Gasteiger partial charge in [-0.3, -0.25) is 4.79 Å². The molecule has 7 nitrogen and oxygen atoms in total. The second-order valence-corrected chi connectivity index (χ2v) is 7.84. The van der Waals surface area contributed by atoms with Gasteiger partial charge in [0.15, 0.2) is 0 Å². The summed E-state index contributed by atoms with van der Waals surface area (Å²) in [7, 11) is 11.4. The molecule has 1 heterocycles. The minimum Gasteiger partial charge on any atom is -0.497 e. The number of fused-ring (bicyclic) bond motifs is 1. The number of methoxy groups -OCH3 is 2. The van der Waals surface area contributed by atoms with E-state index in [4.69, 9.17) is 9.53 Å². The van der Waals surface area contributed by atoms with Crippen molar-refractivity contribution in [3.8, 4) is 5.75 Å². The average Bonchev–Trinajstić information content (AvgIpc) is 3.18. The molecule has 1 aromatic heterocycles. The molecule has 0 unspecified atom stereocenters. The first kappa shape index (κ1) is 29.9. The Kier molecular flexibility index (Phi) is 16.3. The van der Waals surface area contributed by atoms with Gasteiger partial charge in [-0.25, -0.2) is 0 Å². The summed E-state index contributed by atoms with van der Waals surface area (Å²) in [5, 5.41) is 4.79. The van der Waals surface area contributed by atoms with Gasteiger partial charge in [-0.2, -0.15) is 0 Å². The van der Waals surface area contributed by atoms with Crippen molar-refractivity contribution >= 4 is 17.3 Å². The van der Waals surface area contributed by atoms with Gasteiger partial charge in [-0.15, -0.1) is 0 Å². The summed E-state index contributed by atoms with van der Waals surface area (Å²) in [6.07, 6.45) is 8.78. The third-order valence-corrected chi connectivity index (χ3v) is 5.45. The van der Waals surface area contributed by atoms with Crippen LogP contribution in [0.25, 0.3) is 10.9 Å². The van der Waals surface area contributed by atoms with Crippen LogP contribution in [0.3, 0.4) is 0 Å². The third-order valence-electron chi connectivity index (χ3n) is 5.45. The zero-order valence-corrected chi connectivity index (χ0v) is 21.5. The van der Waals surface area contributed by atoms with Gasteiger partial charge in [-0.1, -0.05) is 13.8 Å². The molecular formula is C25H46N4O3. The van der Waals surface area contributed by atoms with Crippen LogP contribution >= 0.6 is 0 Å². The molecule has 1 aromatic carbocycles. The van der Waals surface area contributed by atoms with Gasteiger partial charge in [0.25, 0.3) is 0 Å². The number of carbonyl (C=O) groups is 1. The molecule has 2 aromatic rings. The monoisotopic (exact) mass is 450 g/mol. The Bertz CT molecular complexity index is 738. The molecule has 0 aliphatic heterocycles. The van der Waals surface area contributed by atoms with E-state index < -0.39 is 0 Å². The lowest BCUT2D eigenvalue weighted by molar-refractivity contribution is -0.106. The Labute approximate surface area is 195 Å². The number of benzene rings is 1. The quantitative estimate of drug-likeness (QED) is 0.654. The van der Waals surface area contributed by atoms with Crippen molar-refractivity contribution in [2.24, 2.45) is 5.73 Å². The third kappa shape index (κ3) is 9.59. The predicted octanol–water partition coefficient (Wildman–Crippen LogP) is 3.85. The topological polar surface area (TPSA) is 81.8 Å². The van der Waals surface area contributed by atoms with E-state index in [2.05, 4.69) is 70.8 Å². The molecule has 1 fully saturated rings. The van der Waals surface area contributed by atoms with Crippen molar-refractivity contribution in [2.45, 2.75) is 58.0 Å². The second kappa shape index (κ2) is 17.5. The lowest BCUT2D eigenvalue weighted by atomic mass is 9.91. The van der Waals surface area contributed by atoms with Gasteiger partial charge in [0.1, 0.15) is 5.75 Å². The van der Waals surface area contributed by atoms with Crippen LogP contribution in [-0.4, -0.2) is 70.9 Å². The first-order chi connectivity index (χ1) is 15.4. The number of nitrogens with zero attached hydrogens (tertiary/aromatic N) is 2. The lowest BCUT2D eigenvalue weighted by Gasteiger charge is -2.29. The van der Waals surface area contributed by atoms with Crippen LogP contribution in [0.2, 0.25) is 0 Å². The van der Waals surface area contributed by atoms with Crippen molar-refractivity contribution in [3.63, 3.8) is 0 Å². The van der Waals surface area contributed by atoms with Gasteiger partial charge >= 0.3 is 0 Å². The van der Waals surface area contributed by atoms with Gasteiger partial charge < -0.3 is 30.0 Å². The van der Waals surface area contributed by atoms with Gasteiger partial charge in [0.05, 0.1) is 7.11 Å². The first-order valence-electron chi connectivity index (χ1n) is 11.5. The molecule has 32 heavy (non-hydrogen) atoms. The Balaban J connectivity index is 0.00000106. The number of amides is 1. The molecule has 0 bridgehead atoms. The number of hydrogen-bond acceptors (Lipinski definition) is 5. The molecule has 7 heteroatoms. The van der Waals surface area contributed by atoms with Crippen molar-refractivity contribution < 1.29 is 14.3 Å². The van der Waals surface area contributed by atoms with E-state index in [1.165, 1.54) is 42.1 Å². The van der Waals surface area contributed by atoms with Crippen molar-refractivity contribution in [3.05, 3.63) is 30.0 Å². The normalized spacial score (nSPS) is 17.3. The number of nitrogens with one attached hydrogen (secondary N) is 1. The fraction of sp³-hybridized carbons (Fsp3) is 0.640. The van der Waals surface area contributed by atoms with Crippen LogP contribution in [0.1, 0.15) is 51.1 Å². The van der Waals surface area contributed by atoms with Gasteiger partial charge in [0.2, 0.25) is 6.41 Å². The number of nitrogens with two attached hydrogens (primary N) is 1. The number of likely N-dealkylation sites (N-methyl/N-ethyl adjacent to an activating group) is 1. The predicted molar refractivity (Wildman–Crippen MR) is 136 cm³/mol. The fourth-order valence-electron chi connectivity index (χ4n) is 3.92. The highest BCUT2D eigenvalue weighted by Crippen LogP contribution is 2.35. The van der Waals surface area contributed by atoms with Crippen LogP contribution in [-0.2, 0) is 16.0 Å². The summed E-state index contributed by atoms with van der Waals surface area (Å²) >= 11 is 0. The number of carbonyl (C=O) groups excluding carboxylic acids is 1. The molecular weight excluding hydrogens is 404 g/mol. The standard InChI is InChI=1S/C20H31N3O.C2H6O.C2H6.CH3NO/c1-21-16-5-7-17(8-6-16)23-14-15(11-12-22(2)3)19-13-18(24-4)9-10-20(19)23;1-3-2;1-2;2-1-3/h9-10,13-14,16-17,21H,5-8,11-12H2,1-4H3;1-2H3;1-2H3;1H,(H2,2,3). The number of aromatic nitrogens is 1. The van der Waals surface area contributed by atoms with E-state index in [-0.39, 0.29) is 6.41 Å². The van der Waals surface area contributed by atoms with Crippen LogP contribution < -0.4 is 15.8 Å². The number of hydrogen-bond donors (Lipinski definition) is 2. The highest BCUT2D eigenvalue weighted by Gasteiger charge is 2.23. The van der Waals surface area contributed by atoms with Crippen LogP contribution in [0.4, 0.5) is 0 Å². The molecule has 0 spiro atoms. The Morgan fingerprint density at radius 2 is 1.72 bits per heavy atom. The highest BCUT2D eigenvalue weighted by atomic mass is 16.5. The maximum Gasteiger partial charge on any atom is 0.204 e. The maximum absolute atomic E-state index is 8.58. The van der Waals surface area contributed by atoms with E-state index >= 15 is 0 Å². The zero-order chi connectivity index (χ0) is 24.5. The van der Waals surface area contributed by atoms with Crippen LogP contribution in [0, 0.1) is 0 Å². The minimum atomic E-state index is 0.250. The smallest absolute Gasteiger partial charge is 0.204 e. The highest BCUT2D eigenvalue weighted by molar-refractivity contribution is 5.85. The summed E-state index contributed by atoms with van der Waals surface area (Å²) in [6, 6.07) is 7.84. The first-order valence-corrected chi connectivity index (χ1v) is 11.5. The fourth-order valence-corrected chi connectivity index (χ4v) is 3.92. The SMILES string of the molecule is CC.CNC1CCC(n2cc(CCN(C)C)c3cc(OC)ccc32)CC1.COC.NC=O. The number of rotatable bonds is 6. The second-order valence-electron chi connectivity index (χ2n) is 7.84. The summed E-state index contributed by atoms with van der Waals surface area (Å²) in [5.74, 6) is 0.949. The lowest BCUT2D eigenvalue weighted by Crippen LogP contribution is -2.30. The van der Waals surface area contributed by atoms with Crippen molar-refractivity contribution in [1.29, 1.82) is 0 Å². The molecule has 1 aliphatic carbocycles. The van der Waals surface area contributed by atoms with E-state index in [0.717, 1.165) is 18.7 Å². The van der Waals surface area contributed by atoms with E-state index in [1.807, 2.05) is 13.8 Å². The Hall–Kier alpha value is -2.09. The van der Waals surface area contributed by atoms with E-state index in [9.17, 15) is 0 Å². The van der Waals surface area contributed by atoms with Gasteiger partial charge in [-0.05, 0) is 77.0 Å². The number of primary amides is 1. The minimum absolute atomic E-state index is 0.250. The largest absolute Gasteiger partial charge is 0.497 e. The summed E-state index contributed by atoms with van der Waals surface area (Å²) in [4.78, 5) is 10.8. The summed E-state index contributed by atoms with van der Waals surface area (Å²) in [5.41, 5.74) is 6.96. The molecule has 3 rings (SSSR count). The maximum atomic E-state index is 8.58. The van der Waals surface area contributed by atoms with Crippen LogP contribution in [0.5, 0.6) is 5.75 Å². The summed E-state index contributed by atoms with van der Waals surface area (Å²) < 4.78 is 12.2. The molecule has 3 N–H and O–H groups in total. The molecule has 0 saturated heterocycles. The molecule has 0 atom stereocenters. The van der Waals surface area contributed by atoms with Crippen molar-refractivity contribution in [1.82, 2.24) is 14.8 Å².